The Morgan fingerprint density at radius 2 is 2.11 bits per heavy atom. The summed E-state index contributed by atoms with van der Waals surface area (Å²) in [6, 6.07) is 0. The van der Waals surface area contributed by atoms with E-state index in [1.165, 1.54) is 6.42 Å². The minimum atomic E-state index is 0.251. The van der Waals surface area contributed by atoms with Crippen molar-refractivity contribution in [3.05, 3.63) is 5.69 Å². The summed E-state index contributed by atoms with van der Waals surface area (Å²) in [4.78, 5) is 0. The third kappa shape index (κ3) is 3.04. The van der Waals surface area contributed by atoms with E-state index in [9.17, 15) is 0 Å². The molecule has 0 amide bonds. The van der Waals surface area contributed by atoms with Crippen LogP contribution in [0.2, 0.25) is 0 Å². The van der Waals surface area contributed by atoms with E-state index in [0.717, 1.165) is 30.8 Å². The van der Waals surface area contributed by atoms with Crippen LogP contribution in [0, 0.1) is 11.3 Å². The third-order valence-corrected chi connectivity index (χ3v) is 4.07. The second-order valence-corrected chi connectivity index (χ2v) is 6.80. The maximum atomic E-state index is 6.18. The van der Waals surface area contributed by atoms with Crippen LogP contribution in [0.5, 0.6) is 5.88 Å². The van der Waals surface area contributed by atoms with Crippen LogP contribution in [0.15, 0.2) is 0 Å². The van der Waals surface area contributed by atoms with Crippen molar-refractivity contribution in [1.82, 2.24) is 9.78 Å². The molecule has 0 spiro atoms. The van der Waals surface area contributed by atoms with Gasteiger partial charge in [-0.1, -0.05) is 27.7 Å². The van der Waals surface area contributed by atoms with Gasteiger partial charge in [-0.2, -0.15) is 5.10 Å². The molecular weight excluding hydrogens is 238 g/mol. The number of aryl methyl sites for hydroxylation is 2. The number of ether oxygens (including phenoxy) is 1. The standard InChI is InChI=1S/C15H27N3O/c1-6-12-13(16)14(18(5)17-12)19-11-7-10(2)8-15(3,4)9-11/h10-11H,6-9,16H2,1-5H3. The minimum Gasteiger partial charge on any atom is -0.473 e. The summed E-state index contributed by atoms with van der Waals surface area (Å²) in [5.74, 6) is 1.44. The highest BCUT2D eigenvalue weighted by Crippen LogP contribution is 2.40. The van der Waals surface area contributed by atoms with E-state index in [1.54, 1.807) is 4.68 Å². The highest BCUT2D eigenvalue weighted by molar-refractivity contribution is 5.53. The molecule has 2 atom stereocenters. The zero-order valence-corrected chi connectivity index (χ0v) is 12.9. The van der Waals surface area contributed by atoms with Crippen LogP contribution in [-0.4, -0.2) is 15.9 Å². The molecule has 1 fully saturated rings. The molecule has 2 rings (SSSR count). The molecule has 19 heavy (non-hydrogen) atoms. The molecule has 2 unspecified atom stereocenters. The number of nitrogens with two attached hydrogens (primary N) is 1. The second kappa shape index (κ2) is 5.06. The van der Waals surface area contributed by atoms with E-state index in [0.29, 0.717) is 17.0 Å². The van der Waals surface area contributed by atoms with Crippen LogP contribution in [0.25, 0.3) is 0 Å². The van der Waals surface area contributed by atoms with Crippen LogP contribution in [0.4, 0.5) is 5.69 Å². The molecule has 1 saturated carbocycles. The van der Waals surface area contributed by atoms with Crippen molar-refractivity contribution in [2.75, 3.05) is 5.73 Å². The molecule has 4 heteroatoms. The first kappa shape index (κ1) is 14.2. The number of hydrogen-bond donors (Lipinski definition) is 1. The van der Waals surface area contributed by atoms with Gasteiger partial charge in [-0.05, 0) is 37.0 Å². The van der Waals surface area contributed by atoms with Crippen molar-refractivity contribution in [2.45, 2.75) is 59.5 Å². The Morgan fingerprint density at radius 3 is 2.63 bits per heavy atom. The largest absolute Gasteiger partial charge is 0.473 e. The quantitative estimate of drug-likeness (QED) is 0.913. The molecule has 0 aliphatic heterocycles. The van der Waals surface area contributed by atoms with Crippen molar-refractivity contribution in [2.24, 2.45) is 18.4 Å². The minimum absolute atomic E-state index is 0.251. The molecule has 2 N–H and O–H groups in total. The molecule has 4 nitrogen and oxygen atoms in total. The van der Waals surface area contributed by atoms with E-state index in [1.807, 2.05) is 7.05 Å². The first-order valence-corrected chi connectivity index (χ1v) is 7.30. The molecule has 0 bridgehead atoms. The first-order chi connectivity index (χ1) is 8.82. The molecule has 1 aromatic rings. The number of hydrogen-bond acceptors (Lipinski definition) is 3. The van der Waals surface area contributed by atoms with Gasteiger partial charge < -0.3 is 10.5 Å². The average molecular weight is 265 g/mol. The number of nitrogen functional groups attached to an aromatic ring is 1. The van der Waals surface area contributed by atoms with Crippen LogP contribution >= 0.6 is 0 Å². The van der Waals surface area contributed by atoms with E-state index < -0.39 is 0 Å². The zero-order chi connectivity index (χ0) is 14.2. The van der Waals surface area contributed by atoms with E-state index >= 15 is 0 Å². The second-order valence-electron chi connectivity index (χ2n) is 6.80. The van der Waals surface area contributed by atoms with Gasteiger partial charge in [-0.25, -0.2) is 4.68 Å². The number of rotatable bonds is 3. The van der Waals surface area contributed by atoms with E-state index in [-0.39, 0.29) is 6.10 Å². The maximum Gasteiger partial charge on any atom is 0.236 e. The van der Waals surface area contributed by atoms with Gasteiger partial charge >= 0.3 is 0 Å². The summed E-state index contributed by atoms with van der Waals surface area (Å²) in [7, 11) is 1.91. The monoisotopic (exact) mass is 265 g/mol. The van der Waals surface area contributed by atoms with Crippen LogP contribution in [0.3, 0.4) is 0 Å². The Morgan fingerprint density at radius 1 is 1.42 bits per heavy atom. The summed E-state index contributed by atoms with van der Waals surface area (Å²) in [6.07, 6.45) is 4.56. The van der Waals surface area contributed by atoms with Gasteiger partial charge in [-0.3, -0.25) is 0 Å². The van der Waals surface area contributed by atoms with Gasteiger partial charge in [-0.15, -0.1) is 0 Å². The van der Waals surface area contributed by atoms with E-state index in [2.05, 4.69) is 32.8 Å². The Hall–Kier alpha value is -1.19. The van der Waals surface area contributed by atoms with Gasteiger partial charge in [0.25, 0.3) is 0 Å². The molecule has 108 valence electrons. The van der Waals surface area contributed by atoms with Gasteiger partial charge in [0.1, 0.15) is 11.8 Å². The summed E-state index contributed by atoms with van der Waals surface area (Å²) >= 11 is 0. The van der Waals surface area contributed by atoms with Gasteiger partial charge in [0, 0.05) is 7.05 Å². The first-order valence-electron chi connectivity index (χ1n) is 7.30. The van der Waals surface area contributed by atoms with Crippen molar-refractivity contribution < 1.29 is 4.74 Å². The Balaban J connectivity index is 2.15. The van der Waals surface area contributed by atoms with Crippen molar-refractivity contribution in [3.8, 4) is 5.88 Å². The predicted molar refractivity (Wildman–Crippen MR) is 78.2 cm³/mol. The molecule has 1 aliphatic carbocycles. The lowest BCUT2D eigenvalue weighted by Crippen LogP contribution is -2.34. The van der Waals surface area contributed by atoms with Crippen molar-refractivity contribution in [3.63, 3.8) is 0 Å². The van der Waals surface area contributed by atoms with Gasteiger partial charge in [0.2, 0.25) is 5.88 Å². The molecule has 0 aromatic carbocycles. The molecule has 1 heterocycles. The molecule has 1 aromatic heterocycles. The van der Waals surface area contributed by atoms with Crippen molar-refractivity contribution >= 4 is 5.69 Å². The highest BCUT2D eigenvalue weighted by Gasteiger charge is 2.34. The molecular formula is C15H27N3O. The zero-order valence-electron chi connectivity index (χ0n) is 12.9. The lowest BCUT2D eigenvalue weighted by Gasteiger charge is -2.38. The fourth-order valence-corrected chi connectivity index (χ4v) is 3.49. The lowest BCUT2D eigenvalue weighted by atomic mass is 9.71. The predicted octanol–water partition coefficient (Wildman–Crippen LogP) is 3.16. The van der Waals surface area contributed by atoms with Crippen LogP contribution in [0.1, 0.15) is 52.7 Å². The highest BCUT2D eigenvalue weighted by atomic mass is 16.5. The maximum absolute atomic E-state index is 6.18. The number of aromatic nitrogens is 2. The summed E-state index contributed by atoms with van der Waals surface area (Å²) in [6.45, 7) is 9.02. The fourth-order valence-electron chi connectivity index (χ4n) is 3.49. The third-order valence-electron chi connectivity index (χ3n) is 4.07. The molecule has 0 radical (unpaired) electrons. The topological polar surface area (TPSA) is 53.1 Å². The average Bonchev–Trinajstić information content (AvgIpc) is 2.53. The summed E-state index contributed by atoms with van der Waals surface area (Å²) in [5.41, 5.74) is 8.12. The van der Waals surface area contributed by atoms with Crippen LogP contribution < -0.4 is 10.5 Å². The normalized spacial score (nSPS) is 26.4. The Labute approximate surface area is 116 Å². The lowest BCUT2D eigenvalue weighted by molar-refractivity contribution is 0.0509. The molecule has 1 aliphatic rings. The van der Waals surface area contributed by atoms with E-state index in [4.69, 9.17) is 10.5 Å². The smallest absolute Gasteiger partial charge is 0.236 e. The van der Waals surface area contributed by atoms with Gasteiger partial charge in [0.15, 0.2) is 0 Å². The van der Waals surface area contributed by atoms with Crippen LogP contribution in [-0.2, 0) is 13.5 Å². The SMILES string of the molecule is CCc1nn(C)c(OC2CC(C)CC(C)(C)C2)c1N. The summed E-state index contributed by atoms with van der Waals surface area (Å²) < 4.78 is 7.96. The van der Waals surface area contributed by atoms with Gasteiger partial charge in [0.05, 0.1) is 5.69 Å². The number of anilines is 1. The fraction of sp³-hybridized carbons (Fsp3) is 0.800. The van der Waals surface area contributed by atoms with Crippen molar-refractivity contribution in [1.29, 1.82) is 0 Å². The molecule has 0 saturated heterocycles. The Bertz CT molecular complexity index is 450. The summed E-state index contributed by atoms with van der Waals surface area (Å²) in [5, 5.41) is 4.42. The Kier molecular flexibility index (Phi) is 3.79. The number of nitrogens with zero attached hydrogens (tertiary/aromatic N) is 2.